The van der Waals surface area contributed by atoms with Crippen molar-refractivity contribution in [2.75, 3.05) is 6.61 Å². The van der Waals surface area contributed by atoms with Crippen LogP contribution in [0.2, 0.25) is 5.02 Å². The van der Waals surface area contributed by atoms with Crippen LogP contribution in [0, 0.1) is 0 Å². The number of fused-ring (bicyclic) bond motifs is 1. The minimum absolute atomic E-state index is 0.0874. The molecule has 0 fully saturated rings. The molecule has 2 aromatic heterocycles. The Morgan fingerprint density at radius 3 is 3.06 bits per heavy atom. The Kier molecular flexibility index (Phi) is 2.98. The number of pyridine rings is 1. The van der Waals surface area contributed by atoms with E-state index in [1.54, 1.807) is 6.07 Å². The van der Waals surface area contributed by atoms with Crippen molar-refractivity contribution in [1.29, 1.82) is 0 Å². The molecule has 0 aliphatic heterocycles. The van der Waals surface area contributed by atoms with E-state index < -0.39 is 0 Å². The van der Waals surface area contributed by atoms with Gasteiger partial charge in [0, 0.05) is 6.20 Å². The number of aromatic amines is 1. The summed E-state index contributed by atoms with van der Waals surface area (Å²) in [4.78, 5) is 18.4. The number of aromatic nitrogens is 3. The standard InChI is InChI=1S/C10H12ClN3O2/c1-2-7(5-15)14-8-3-6(11)4-12-9(8)13-10(14)16/h3-4,7,15H,2,5H2,1H3,(H,12,13,16)/t7-/m0/s1. The first-order chi connectivity index (χ1) is 7.67. The molecule has 2 N–H and O–H groups in total. The van der Waals surface area contributed by atoms with Crippen LogP contribution in [-0.2, 0) is 0 Å². The average molecular weight is 242 g/mol. The molecule has 16 heavy (non-hydrogen) atoms. The number of H-pyrrole nitrogens is 1. The number of nitrogens with one attached hydrogen (secondary N) is 1. The highest BCUT2D eigenvalue weighted by Crippen LogP contribution is 2.18. The minimum atomic E-state index is -0.273. The van der Waals surface area contributed by atoms with Gasteiger partial charge < -0.3 is 5.11 Å². The molecule has 0 bridgehead atoms. The number of imidazole rings is 1. The summed E-state index contributed by atoms with van der Waals surface area (Å²) in [6, 6.07) is 1.42. The predicted molar refractivity (Wildman–Crippen MR) is 61.8 cm³/mol. The fraction of sp³-hybridized carbons (Fsp3) is 0.400. The quantitative estimate of drug-likeness (QED) is 0.852. The number of hydrogen-bond donors (Lipinski definition) is 2. The summed E-state index contributed by atoms with van der Waals surface area (Å²) in [6.07, 6.45) is 2.14. The smallest absolute Gasteiger partial charge is 0.328 e. The van der Waals surface area contributed by atoms with E-state index in [1.807, 2.05) is 6.92 Å². The molecular weight excluding hydrogens is 230 g/mol. The number of halogens is 1. The van der Waals surface area contributed by atoms with Crippen molar-refractivity contribution in [1.82, 2.24) is 14.5 Å². The fourth-order valence-electron chi connectivity index (χ4n) is 1.74. The van der Waals surface area contributed by atoms with Gasteiger partial charge in [-0.05, 0) is 12.5 Å². The van der Waals surface area contributed by atoms with E-state index in [1.165, 1.54) is 10.8 Å². The van der Waals surface area contributed by atoms with Gasteiger partial charge in [-0.2, -0.15) is 0 Å². The van der Waals surface area contributed by atoms with Crippen molar-refractivity contribution >= 4 is 22.8 Å². The lowest BCUT2D eigenvalue weighted by Gasteiger charge is -2.13. The van der Waals surface area contributed by atoms with E-state index >= 15 is 0 Å². The second kappa shape index (κ2) is 4.27. The van der Waals surface area contributed by atoms with Crippen LogP contribution in [-0.4, -0.2) is 26.2 Å². The molecule has 2 rings (SSSR count). The minimum Gasteiger partial charge on any atom is -0.394 e. The largest absolute Gasteiger partial charge is 0.394 e. The van der Waals surface area contributed by atoms with E-state index in [4.69, 9.17) is 11.6 Å². The summed E-state index contributed by atoms with van der Waals surface area (Å²) in [5, 5.41) is 9.69. The topological polar surface area (TPSA) is 70.9 Å². The van der Waals surface area contributed by atoms with Crippen LogP contribution in [0.25, 0.3) is 11.2 Å². The summed E-state index contributed by atoms with van der Waals surface area (Å²) in [7, 11) is 0. The Morgan fingerprint density at radius 2 is 2.44 bits per heavy atom. The Labute approximate surface area is 96.7 Å². The van der Waals surface area contributed by atoms with Crippen molar-refractivity contribution in [3.05, 3.63) is 27.8 Å². The average Bonchev–Trinajstić information content (AvgIpc) is 2.58. The lowest BCUT2D eigenvalue weighted by atomic mass is 10.2. The van der Waals surface area contributed by atoms with Gasteiger partial charge in [-0.15, -0.1) is 0 Å². The highest BCUT2D eigenvalue weighted by molar-refractivity contribution is 6.31. The summed E-state index contributed by atoms with van der Waals surface area (Å²) in [6.45, 7) is 1.82. The van der Waals surface area contributed by atoms with Crippen LogP contribution in [0.4, 0.5) is 0 Å². The second-order valence-corrected chi connectivity index (χ2v) is 4.00. The van der Waals surface area contributed by atoms with Gasteiger partial charge in [0.15, 0.2) is 5.65 Å². The van der Waals surface area contributed by atoms with Crippen molar-refractivity contribution < 1.29 is 5.11 Å². The van der Waals surface area contributed by atoms with Crippen LogP contribution in [0.5, 0.6) is 0 Å². The van der Waals surface area contributed by atoms with Crippen molar-refractivity contribution in [3.8, 4) is 0 Å². The predicted octanol–water partition coefficient (Wildman–Crippen LogP) is 1.32. The molecule has 2 aromatic rings. The summed E-state index contributed by atoms with van der Waals surface area (Å²) < 4.78 is 1.49. The van der Waals surface area contributed by atoms with Crippen molar-refractivity contribution in [2.24, 2.45) is 0 Å². The molecule has 6 heteroatoms. The maximum Gasteiger partial charge on any atom is 0.328 e. The number of rotatable bonds is 3. The van der Waals surface area contributed by atoms with Gasteiger partial charge in [-0.25, -0.2) is 9.78 Å². The van der Waals surface area contributed by atoms with Crippen molar-refractivity contribution in [2.45, 2.75) is 19.4 Å². The molecule has 0 radical (unpaired) electrons. The molecule has 2 heterocycles. The van der Waals surface area contributed by atoms with Crippen LogP contribution in [0.15, 0.2) is 17.1 Å². The van der Waals surface area contributed by atoms with E-state index in [0.717, 1.165) is 0 Å². The zero-order valence-corrected chi connectivity index (χ0v) is 9.53. The third kappa shape index (κ3) is 1.72. The van der Waals surface area contributed by atoms with Gasteiger partial charge in [0.05, 0.1) is 23.2 Å². The van der Waals surface area contributed by atoms with E-state index in [-0.39, 0.29) is 18.3 Å². The first kappa shape index (κ1) is 11.2. The van der Waals surface area contributed by atoms with Gasteiger partial charge in [0.1, 0.15) is 0 Å². The van der Waals surface area contributed by atoms with Gasteiger partial charge in [0.25, 0.3) is 0 Å². The molecule has 0 aliphatic carbocycles. The van der Waals surface area contributed by atoms with Crippen molar-refractivity contribution in [3.63, 3.8) is 0 Å². The Bertz CT molecular complexity index is 557. The van der Waals surface area contributed by atoms with Gasteiger partial charge in [0.2, 0.25) is 0 Å². The zero-order chi connectivity index (χ0) is 11.7. The van der Waals surface area contributed by atoms with E-state index in [2.05, 4.69) is 9.97 Å². The maximum atomic E-state index is 11.7. The molecule has 0 amide bonds. The maximum absolute atomic E-state index is 11.7. The lowest BCUT2D eigenvalue weighted by Crippen LogP contribution is -2.24. The van der Waals surface area contributed by atoms with Gasteiger partial charge >= 0.3 is 5.69 Å². The first-order valence-corrected chi connectivity index (χ1v) is 5.41. The molecule has 0 saturated heterocycles. The number of aliphatic hydroxyl groups excluding tert-OH is 1. The Balaban J connectivity index is 2.71. The number of nitrogens with zero attached hydrogens (tertiary/aromatic N) is 2. The second-order valence-electron chi connectivity index (χ2n) is 3.57. The Hall–Kier alpha value is -1.33. The molecule has 0 aromatic carbocycles. The molecule has 86 valence electrons. The lowest BCUT2D eigenvalue weighted by molar-refractivity contribution is 0.225. The normalized spacial score (nSPS) is 13.2. The highest BCUT2D eigenvalue weighted by Gasteiger charge is 2.15. The summed E-state index contributed by atoms with van der Waals surface area (Å²) >= 11 is 5.84. The molecule has 0 spiro atoms. The van der Waals surface area contributed by atoms with Gasteiger partial charge in [-0.1, -0.05) is 18.5 Å². The van der Waals surface area contributed by atoms with Crippen LogP contribution < -0.4 is 5.69 Å². The summed E-state index contributed by atoms with van der Waals surface area (Å²) in [5.41, 5.74) is 0.838. The monoisotopic (exact) mass is 241 g/mol. The molecule has 0 saturated carbocycles. The van der Waals surface area contributed by atoms with Crippen LogP contribution in [0.1, 0.15) is 19.4 Å². The molecular formula is C10H12ClN3O2. The third-order valence-corrected chi connectivity index (χ3v) is 2.79. The Morgan fingerprint density at radius 1 is 1.69 bits per heavy atom. The zero-order valence-electron chi connectivity index (χ0n) is 8.77. The molecule has 0 aliphatic rings. The number of hydrogen-bond acceptors (Lipinski definition) is 3. The first-order valence-electron chi connectivity index (χ1n) is 5.04. The van der Waals surface area contributed by atoms with E-state index in [0.29, 0.717) is 22.6 Å². The number of aliphatic hydroxyl groups is 1. The van der Waals surface area contributed by atoms with E-state index in [9.17, 15) is 9.90 Å². The molecule has 1 atom stereocenters. The SMILES string of the molecule is CC[C@@H](CO)n1c(=O)[nH]c2ncc(Cl)cc21. The highest BCUT2D eigenvalue weighted by atomic mass is 35.5. The molecule has 0 unspecified atom stereocenters. The summed E-state index contributed by atoms with van der Waals surface area (Å²) in [5.74, 6) is 0. The molecule has 5 nitrogen and oxygen atoms in total. The van der Waals surface area contributed by atoms with Gasteiger partial charge in [-0.3, -0.25) is 9.55 Å². The van der Waals surface area contributed by atoms with Crippen LogP contribution >= 0.6 is 11.6 Å². The fourth-order valence-corrected chi connectivity index (χ4v) is 1.89. The third-order valence-electron chi connectivity index (χ3n) is 2.59. The van der Waals surface area contributed by atoms with Crippen LogP contribution in [0.3, 0.4) is 0 Å².